The predicted octanol–water partition coefficient (Wildman–Crippen LogP) is 2.52. The van der Waals surface area contributed by atoms with Crippen LogP contribution in [0.5, 0.6) is 0 Å². The Hall–Kier alpha value is -1.81. The number of carbonyl (C=O) groups excluding carboxylic acids is 1. The number of nitrogens with zero attached hydrogens (tertiary/aromatic N) is 1. The Morgan fingerprint density at radius 3 is 2.61 bits per heavy atom. The van der Waals surface area contributed by atoms with Crippen LogP contribution in [0.25, 0.3) is 0 Å². The van der Waals surface area contributed by atoms with E-state index in [-0.39, 0.29) is 18.0 Å². The molecule has 0 bridgehead atoms. The van der Waals surface area contributed by atoms with Crippen LogP contribution in [0.4, 0.5) is 4.79 Å². The summed E-state index contributed by atoms with van der Waals surface area (Å²) in [6.45, 7) is 5.38. The topological polar surface area (TPSA) is 103 Å². The molecule has 0 heterocycles. The number of carbonyl (C=O) groups is 1. The van der Waals surface area contributed by atoms with Crippen molar-refractivity contribution >= 4 is 17.7 Å². The number of alkyl carbamates (subject to hydrolysis) is 1. The van der Waals surface area contributed by atoms with Gasteiger partial charge < -0.3 is 20.3 Å². The fourth-order valence-electron chi connectivity index (χ4n) is 1.84. The highest BCUT2D eigenvalue weighted by atomic mass is 35.5. The summed E-state index contributed by atoms with van der Waals surface area (Å²) in [5.74, 6) is 0. The molecule has 1 amide bonds. The van der Waals surface area contributed by atoms with Crippen LogP contribution in [0.15, 0.2) is 18.2 Å². The molecule has 6 nitrogen and oxygen atoms in total. The highest BCUT2D eigenvalue weighted by molar-refractivity contribution is 6.31. The zero-order valence-electron chi connectivity index (χ0n) is 13.3. The molecule has 0 aromatic heterocycles. The summed E-state index contributed by atoms with van der Waals surface area (Å²) < 4.78 is 5.06. The van der Waals surface area contributed by atoms with Gasteiger partial charge in [0.15, 0.2) is 0 Å². The third-order valence-electron chi connectivity index (χ3n) is 2.92. The number of halogens is 1. The van der Waals surface area contributed by atoms with Crippen LogP contribution in [-0.2, 0) is 4.74 Å². The molecular weight excluding hydrogens is 320 g/mol. The average molecular weight is 341 g/mol. The van der Waals surface area contributed by atoms with Crippen molar-refractivity contribution in [3.63, 3.8) is 0 Å². The molecule has 0 aliphatic heterocycles. The maximum absolute atomic E-state index is 11.5. The summed E-state index contributed by atoms with van der Waals surface area (Å²) in [6.07, 6.45) is -2.79. The Morgan fingerprint density at radius 2 is 2.09 bits per heavy atom. The molecule has 2 atom stereocenters. The molecule has 0 aliphatic rings. The normalized spacial score (nSPS) is 13.8. The molecule has 0 radical (unpaired) electrons. The quantitative estimate of drug-likeness (QED) is 0.764. The minimum Gasteiger partial charge on any atom is -0.444 e. The van der Waals surface area contributed by atoms with Gasteiger partial charge in [-0.15, -0.1) is 0 Å². The minimum atomic E-state index is -1.21. The van der Waals surface area contributed by atoms with Crippen molar-refractivity contribution in [1.29, 1.82) is 5.26 Å². The highest BCUT2D eigenvalue weighted by Gasteiger charge is 2.22. The van der Waals surface area contributed by atoms with Crippen LogP contribution < -0.4 is 5.32 Å². The minimum absolute atomic E-state index is 0.122. The van der Waals surface area contributed by atoms with Gasteiger partial charge in [0.1, 0.15) is 11.7 Å². The molecule has 1 aromatic carbocycles. The van der Waals surface area contributed by atoms with Crippen molar-refractivity contribution in [3.8, 4) is 6.07 Å². The lowest BCUT2D eigenvalue weighted by Gasteiger charge is -2.21. The van der Waals surface area contributed by atoms with Gasteiger partial charge in [-0.25, -0.2) is 4.79 Å². The van der Waals surface area contributed by atoms with Crippen molar-refractivity contribution in [2.24, 2.45) is 0 Å². The fourth-order valence-corrected chi connectivity index (χ4v) is 2.13. The molecule has 2 unspecified atom stereocenters. The SMILES string of the molecule is CC(C)(C)OC(=O)NCCC(O)C(O)c1ccc(C#N)cc1Cl. The van der Waals surface area contributed by atoms with Gasteiger partial charge in [0.25, 0.3) is 0 Å². The van der Waals surface area contributed by atoms with Gasteiger partial charge in [0, 0.05) is 17.1 Å². The van der Waals surface area contributed by atoms with E-state index in [1.807, 2.05) is 6.07 Å². The lowest BCUT2D eigenvalue weighted by atomic mass is 10.0. The van der Waals surface area contributed by atoms with E-state index in [9.17, 15) is 15.0 Å². The summed E-state index contributed by atoms with van der Waals surface area (Å²) in [5, 5.41) is 31.6. The van der Waals surface area contributed by atoms with E-state index >= 15 is 0 Å². The number of aliphatic hydroxyl groups excluding tert-OH is 2. The third kappa shape index (κ3) is 6.45. The summed E-state index contributed by atoms with van der Waals surface area (Å²) in [6, 6.07) is 6.37. The smallest absolute Gasteiger partial charge is 0.407 e. The number of ether oxygens (including phenoxy) is 1. The van der Waals surface area contributed by atoms with Crippen LogP contribution in [0, 0.1) is 11.3 Å². The van der Waals surface area contributed by atoms with E-state index in [2.05, 4.69) is 5.32 Å². The largest absolute Gasteiger partial charge is 0.444 e. The summed E-state index contributed by atoms with van der Waals surface area (Å²) in [7, 11) is 0. The highest BCUT2D eigenvalue weighted by Crippen LogP contribution is 2.27. The Bertz CT molecular complexity index is 593. The van der Waals surface area contributed by atoms with Crippen molar-refractivity contribution < 1.29 is 19.7 Å². The zero-order chi connectivity index (χ0) is 17.6. The first kappa shape index (κ1) is 19.2. The number of benzene rings is 1. The van der Waals surface area contributed by atoms with Gasteiger partial charge in [-0.3, -0.25) is 0 Å². The molecule has 0 fully saturated rings. The Balaban J connectivity index is 2.53. The molecule has 0 saturated carbocycles. The van der Waals surface area contributed by atoms with Crippen LogP contribution in [0.3, 0.4) is 0 Å². The van der Waals surface area contributed by atoms with E-state index in [1.54, 1.807) is 20.8 Å². The second-order valence-corrected chi connectivity index (χ2v) is 6.48. The first-order valence-electron chi connectivity index (χ1n) is 7.16. The molecule has 0 spiro atoms. The van der Waals surface area contributed by atoms with Gasteiger partial charge in [-0.05, 0) is 39.3 Å². The molecule has 3 N–H and O–H groups in total. The Kier molecular flexibility index (Phi) is 6.82. The fraction of sp³-hybridized carbons (Fsp3) is 0.500. The molecule has 1 rings (SSSR count). The van der Waals surface area contributed by atoms with Crippen molar-refractivity contribution in [2.75, 3.05) is 6.54 Å². The van der Waals surface area contributed by atoms with Gasteiger partial charge in [-0.1, -0.05) is 17.7 Å². The predicted molar refractivity (Wildman–Crippen MR) is 86.0 cm³/mol. The molecule has 0 saturated heterocycles. The number of rotatable bonds is 5. The number of nitriles is 1. The lowest BCUT2D eigenvalue weighted by molar-refractivity contribution is 0.0123. The number of amides is 1. The van der Waals surface area contributed by atoms with E-state index in [4.69, 9.17) is 21.6 Å². The van der Waals surface area contributed by atoms with Crippen LogP contribution in [-0.4, -0.2) is 34.6 Å². The van der Waals surface area contributed by atoms with Gasteiger partial charge in [0.05, 0.1) is 17.7 Å². The Morgan fingerprint density at radius 1 is 1.43 bits per heavy atom. The average Bonchev–Trinajstić information content (AvgIpc) is 2.44. The van der Waals surface area contributed by atoms with Gasteiger partial charge in [-0.2, -0.15) is 5.26 Å². The van der Waals surface area contributed by atoms with E-state index in [0.29, 0.717) is 11.1 Å². The molecular formula is C16H21ClN2O4. The summed E-state index contributed by atoms with van der Waals surface area (Å²) >= 11 is 5.99. The van der Waals surface area contributed by atoms with Crippen molar-refractivity contribution in [2.45, 2.75) is 45.0 Å². The molecule has 0 aliphatic carbocycles. The molecule has 126 valence electrons. The van der Waals surface area contributed by atoms with E-state index < -0.39 is 23.9 Å². The Labute approximate surface area is 140 Å². The summed E-state index contributed by atoms with van der Waals surface area (Å²) in [5.41, 5.74) is 0.0977. The lowest BCUT2D eigenvalue weighted by Crippen LogP contribution is -2.34. The third-order valence-corrected chi connectivity index (χ3v) is 3.25. The first-order valence-corrected chi connectivity index (χ1v) is 7.54. The number of aliphatic hydroxyl groups is 2. The van der Waals surface area contributed by atoms with E-state index in [0.717, 1.165) is 0 Å². The second kappa shape index (κ2) is 8.16. The molecule has 23 heavy (non-hydrogen) atoms. The van der Waals surface area contributed by atoms with Crippen LogP contribution >= 0.6 is 11.6 Å². The van der Waals surface area contributed by atoms with Crippen molar-refractivity contribution in [3.05, 3.63) is 34.3 Å². The molecule has 7 heteroatoms. The standard InChI is InChI=1S/C16H21ClN2O4/c1-16(2,3)23-15(22)19-7-6-13(20)14(21)11-5-4-10(9-18)8-12(11)17/h4-5,8,13-14,20-21H,6-7H2,1-3H3,(H,19,22). The summed E-state index contributed by atoms with van der Waals surface area (Å²) in [4.78, 5) is 11.5. The van der Waals surface area contributed by atoms with E-state index in [1.165, 1.54) is 18.2 Å². The van der Waals surface area contributed by atoms with Crippen molar-refractivity contribution in [1.82, 2.24) is 5.32 Å². The first-order chi connectivity index (χ1) is 10.6. The maximum Gasteiger partial charge on any atom is 0.407 e. The molecule has 1 aromatic rings. The van der Waals surface area contributed by atoms with Gasteiger partial charge >= 0.3 is 6.09 Å². The second-order valence-electron chi connectivity index (χ2n) is 6.08. The van der Waals surface area contributed by atoms with Gasteiger partial charge in [0.2, 0.25) is 0 Å². The van der Waals surface area contributed by atoms with Crippen LogP contribution in [0.2, 0.25) is 5.02 Å². The number of nitrogens with one attached hydrogen (secondary N) is 1. The number of hydrogen-bond donors (Lipinski definition) is 3. The zero-order valence-corrected chi connectivity index (χ0v) is 14.1. The maximum atomic E-state index is 11.5. The monoisotopic (exact) mass is 340 g/mol. The number of hydrogen-bond acceptors (Lipinski definition) is 5. The van der Waals surface area contributed by atoms with Crippen LogP contribution in [0.1, 0.15) is 44.4 Å².